The SMILES string of the molecule is CNCCC(c1cccnc1)c1c[nH]c2ncccc12. The molecule has 1 unspecified atom stereocenters. The Morgan fingerprint density at radius 1 is 1.25 bits per heavy atom. The second-order valence-electron chi connectivity index (χ2n) is 4.87. The van der Waals surface area contributed by atoms with Crippen LogP contribution in [0.25, 0.3) is 11.0 Å². The molecule has 4 nitrogen and oxygen atoms in total. The molecule has 0 aromatic carbocycles. The van der Waals surface area contributed by atoms with E-state index in [2.05, 4.69) is 38.6 Å². The number of nitrogens with one attached hydrogen (secondary N) is 2. The van der Waals surface area contributed by atoms with E-state index in [-0.39, 0.29) is 0 Å². The lowest BCUT2D eigenvalue weighted by molar-refractivity contribution is 0.663. The average molecular weight is 266 g/mol. The number of hydrogen-bond donors (Lipinski definition) is 2. The van der Waals surface area contributed by atoms with E-state index in [4.69, 9.17) is 0 Å². The highest BCUT2D eigenvalue weighted by Crippen LogP contribution is 2.31. The summed E-state index contributed by atoms with van der Waals surface area (Å²) in [4.78, 5) is 11.9. The first-order valence-corrected chi connectivity index (χ1v) is 6.86. The molecular weight excluding hydrogens is 248 g/mol. The van der Waals surface area contributed by atoms with Gasteiger partial charge in [0.2, 0.25) is 0 Å². The van der Waals surface area contributed by atoms with E-state index in [1.165, 1.54) is 16.5 Å². The van der Waals surface area contributed by atoms with Crippen molar-refractivity contribution in [2.75, 3.05) is 13.6 Å². The largest absolute Gasteiger partial charge is 0.346 e. The molecule has 102 valence electrons. The average Bonchev–Trinajstić information content (AvgIpc) is 2.93. The first-order chi connectivity index (χ1) is 9.90. The molecule has 2 N–H and O–H groups in total. The lowest BCUT2D eigenvalue weighted by Crippen LogP contribution is -2.13. The molecule has 0 aliphatic heterocycles. The zero-order chi connectivity index (χ0) is 13.8. The summed E-state index contributed by atoms with van der Waals surface area (Å²) in [5.74, 6) is 0.328. The molecule has 0 radical (unpaired) electrons. The van der Waals surface area contributed by atoms with Crippen molar-refractivity contribution in [3.05, 3.63) is 60.2 Å². The molecule has 20 heavy (non-hydrogen) atoms. The van der Waals surface area contributed by atoms with Gasteiger partial charge >= 0.3 is 0 Å². The monoisotopic (exact) mass is 266 g/mol. The van der Waals surface area contributed by atoms with Crippen LogP contribution in [-0.2, 0) is 0 Å². The van der Waals surface area contributed by atoms with Crippen molar-refractivity contribution < 1.29 is 0 Å². The Hall–Kier alpha value is -2.20. The Labute approximate surface area is 118 Å². The summed E-state index contributed by atoms with van der Waals surface area (Å²) < 4.78 is 0. The third-order valence-electron chi connectivity index (χ3n) is 3.63. The standard InChI is InChI=1S/C16H18N4/c1-17-9-6-13(12-4-2-7-18-10-12)15-11-20-16-14(15)5-3-8-19-16/h2-5,7-8,10-11,13,17H,6,9H2,1H3,(H,19,20). The maximum atomic E-state index is 4.37. The van der Waals surface area contributed by atoms with Gasteiger partial charge in [0, 0.05) is 36.1 Å². The number of H-pyrrole nitrogens is 1. The van der Waals surface area contributed by atoms with Gasteiger partial charge < -0.3 is 10.3 Å². The van der Waals surface area contributed by atoms with E-state index in [9.17, 15) is 0 Å². The molecule has 0 aliphatic carbocycles. The highest BCUT2D eigenvalue weighted by molar-refractivity contribution is 5.80. The van der Waals surface area contributed by atoms with E-state index in [1.54, 1.807) is 0 Å². The second-order valence-corrected chi connectivity index (χ2v) is 4.87. The summed E-state index contributed by atoms with van der Waals surface area (Å²) in [6.07, 6.45) is 8.69. The van der Waals surface area contributed by atoms with Crippen LogP contribution in [0.3, 0.4) is 0 Å². The first kappa shape index (κ1) is 12.8. The van der Waals surface area contributed by atoms with Gasteiger partial charge in [-0.3, -0.25) is 4.98 Å². The summed E-state index contributed by atoms with van der Waals surface area (Å²) in [7, 11) is 1.98. The van der Waals surface area contributed by atoms with Crippen LogP contribution in [-0.4, -0.2) is 28.5 Å². The molecule has 3 heterocycles. The second kappa shape index (κ2) is 5.84. The van der Waals surface area contributed by atoms with Crippen LogP contribution in [0.2, 0.25) is 0 Å². The van der Waals surface area contributed by atoms with Crippen LogP contribution in [0.5, 0.6) is 0 Å². The van der Waals surface area contributed by atoms with Gasteiger partial charge in [-0.2, -0.15) is 0 Å². The van der Waals surface area contributed by atoms with E-state index < -0.39 is 0 Å². The molecule has 0 saturated heterocycles. The maximum Gasteiger partial charge on any atom is 0.137 e. The molecule has 0 amide bonds. The first-order valence-electron chi connectivity index (χ1n) is 6.86. The summed E-state index contributed by atoms with van der Waals surface area (Å²) in [6, 6.07) is 8.24. The molecule has 0 bridgehead atoms. The van der Waals surface area contributed by atoms with Gasteiger partial charge in [-0.25, -0.2) is 4.98 Å². The number of hydrogen-bond acceptors (Lipinski definition) is 3. The lowest BCUT2D eigenvalue weighted by atomic mass is 9.89. The number of aromatic nitrogens is 3. The zero-order valence-electron chi connectivity index (χ0n) is 11.5. The van der Waals surface area contributed by atoms with E-state index in [0.29, 0.717) is 5.92 Å². The van der Waals surface area contributed by atoms with E-state index in [1.807, 2.05) is 37.8 Å². The number of aromatic amines is 1. The summed E-state index contributed by atoms with van der Waals surface area (Å²) in [5, 5.41) is 4.42. The molecule has 0 fully saturated rings. The van der Waals surface area contributed by atoms with Gasteiger partial charge in [0.25, 0.3) is 0 Å². The molecule has 1 atom stereocenters. The fraction of sp³-hybridized carbons (Fsp3) is 0.250. The van der Waals surface area contributed by atoms with Gasteiger partial charge in [0.1, 0.15) is 5.65 Å². The van der Waals surface area contributed by atoms with Crippen LogP contribution in [0, 0.1) is 0 Å². The van der Waals surface area contributed by atoms with Crippen LogP contribution in [0.15, 0.2) is 49.1 Å². The predicted octanol–water partition coefficient (Wildman–Crippen LogP) is 2.70. The zero-order valence-corrected chi connectivity index (χ0v) is 11.5. The van der Waals surface area contributed by atoms with Crippen LogP contribution < -0.4 is 5.32 Å². The normalized spacial score (nSPS) is 12.7. The van der Waals surface area contributed by atoms with Crippen LogP contribution in [0.1, 0.15) is 23.5 Å². The number of fused-ring (bicyclic) bond motifs is 1. The highest BCUT2D eigenvalue weighted by atomic mass is 14.8. The Morgan fingerprint density at radius 2 is 2.15 bits per heavy atom. The quantitative estimate of drug-likeness (QED) is 0.746. The maximum absolute atomic E-state index is 4.37. The van der Waals surface area contributed by atoms with Crippen LogP contribution >= 0.6 is 0 Å². The minimum atomic E-state index is 0.328. The van der Waals surface area contributed by atoms with Crippen molar-refractivity contribution in [1.82, 2.24) is 20.3 Å². The predicted molar refractivity (Wildman–Crippen MR) is 80.7 cm³/mol. The van der Waals surface area contributed by atoms with E-state index in [0.717, 1.165) is 18.6 Å². The van der Waals surface area contributed by atoms with Gasteiger partial charge in [-0.15, -0.1) is 0 Å². The molecule has 0 spiro atoms. The molecular formula is C16H18N4. The number of pyridine rings is 2. The van der Waals surface area contributed by atoms with Crippen molar-refractivity contribution in [1.29, 1.82) is 0 Å². The molecule has 3 aromatic heterocycles. The Morgan fingerprint density at radius 3 is 2.95 bits per heavy atom. The molecule has 3 rings (SSSR count). The topological polar surface area (TPSA) is 53.6 Å². The van der Waals surface area contributed by atoms with Gasteiger partial charge in [0.15, 0.2) is 0 Å². The highest BCUT2D eigenvalue weighted by Gasteiger charge is 2.18. The van der Waals surface area contributed by atoms with Gasteiger partial charge in [0.05, 0.1) is 0 Å². The van der Waals surface area contributed by atoms with Crippen molar-refractivity contribution >= 4 is 11.0 Å². The number of nitrogens with zero attached hydrogens (tertiary/aromatic N) is 2. The third-order valence-corrected chi connectivity index (χ3v) is 3.63. The Kier molecular flexibility index (Phi) is 3.74. The van der Waals surface area contributed by atoms with E-state index >= 15 is 0 Å². The third kappa shape index (κ3) is 2.42. The fourth-order valence-corrected chi connectivity index (χ4v) is 2.64. The number of rotatable bonds is 5. The van der Waals surface area contributed by atoms with Crippen molar-refractivity contribution in [2.45, 2.75) is 12.3 Å². The smallest absolute Gasteiger partial charge is 0.137 e. The summed E-state index contributed by atoms with van der Waals surface area (Å²) >= 11 is 0. The van der Waals surface area contributed by atoms with Crippen molar-refractivity contribution in [3.63, 3.8) is 0 Å². The van der Waals surface area contributed by atoms with Gasteiger partial charge in [-0.05, 0) is 49.3 Å². The molecule has 4 heteroatoms. The lowest BCUT2D eigenvalue weighted by Gasteiger charge is -2.16. The minimum absolute atomic E-state index is 0.328. The van der Waals surface area contributed by atoms with Crippen molar-refractivity contribution in [3.8, 4) is 0 Å². The van der Waals surface area contributed by atoms with Crippen LogP contribution in [0.4, 0.5) is 0 Å². The molecule has 3 aromatic rings. The molecule has 0 saturated carbocycles. The van der Waals surface area contributed by atoms with Gasteiger partial charge in [-0.1, -0.05) is 6.07 Å². The van der Waals surface area contributed by atoms with Crippen molar-refractivity contribution in [2.24, 2.45) is 0 Å². The summed E-state index contributed by atoms with van der Waals surface area (Å²) in [5.41, 5.74) is 3.48. The summed E-state index contributed by atoms with van der Waals surface area (Å²) in [6.45, 7) is 0.965. The Balaban J connectivity index is 2.05. The Bertz CT molecular complexity index is 675. The minimum Gasteiger partial charge on any atom is -0.346 e. The molecule has 0 aliphatic rings. The fourth-order valence-electron chi connectivity index (χ4n) is 2.64.